The zero-order chi connectivity index (χ0) is 24.3. The fraction of sp³-hybridized carbons (Fsp3) is 0.250. The van der Waals surface area contributed by atoms with Crippen molar-refractivity contribution in [3.05, 3.63) is 94.7 Å². The van der Waals surface area contributed by atoms with E-state index in [9.17, 15) is 31.5 Å². The molecule has 4 nitrogen and oxygen atoms in total. The number of esters is 1. The second-order valence-electron chi connectivity index (χ2n) is 7.49. The van der Waals surface area contributed by atoms with Crippen molar-refractivity contribution in [2.24, 2.45) is 0 Å². The number of rotatable bonds is 6. The summed E-state index contributed by atoms with van der Waals surface area (Å²) in [6, 6.07) is 7.43. The topological polar surface area (TPSA) is 46.6 Å². The van der Waals surface area contributed by atoms with Gasteiger partial charge in [0.1, 0.15) is 18.2 Å². The third-order valence-electron chi connectivity index (χ3n) is 5.28. The zero-order valence-corrected chi connectivity index (χ0v) is 17.6. The van der Waals surface area contributed by atoms with Crippen LogP contribution in [0.4, 0.5) is 22.0 Å². The van der Waals surface area contributed by atoms with Gasteiger partial charge in [-0.1, -0.05) is 30.9 Å². The molecule has 0 fully saturated rings. The minimum Gasteiger partial charge on any atom is -0.458 e. The van der Waals surface area contributed by atoms with E-state index in [0.717, 1.165) is 23.1 Å². The van der Waals surface area contributed by atoms with E-state index in [1.165, 1.54) is 31.2 Å². The van der Waals surface area contributed by atoms with Gasteiger partial charge in [0.2, 0.25) is 5.91 Å². The average molecular weight is 465 g/mol. The van der Waals surface area contributed by atoms with Crippen molar-refractivity contribution < 1.29 is 36.3 Å². The summed E-state index contributed by atoms with van der Waals surface area (Å²) in [4.78, 5) is 26.9. The van der Waals surface area contributed by atoms with E-state index < -0.39 is 47.6 Å². The monoisotopic (exact) mass is 465 g/mol. The largest absolute Gasteiger partial charge is 0.458 e. The van der Waals surface area contributed by atoms with E-state index in [0.29, 0.717) is 6.07 Å². The van der Waals surface area contributed by atoms with Crippen LogP contribution in [0.2, 0.25) is 0 Å². The first-order valence-corrected chi connectivity index (χ1v) is 9.93. The molecular formula is C24H20F5NO3. The molecule has 0 bridgehead atoms. The van der Waals surface area contributed by atoms with Gasteiger partial charge in [0.25, 0.3) is 0 Å². The molecule has 0 radical (unpaired) electrons. The number of carbonyl (C=O) groups excluding carboxylic acids is 2. The lowest BCUT2D eigenvalue weighted by molar-refractivity contribution is -0.142. The van der Waals surface area contributed by atoms with Crippen LogP contribution in [0.1, 0.15) is 36.0 Å². The van der Waals surface area contributed by atoms with Gasteiger partial charge in [0.15, 0.2) is 0 Å². The number of allylic oxidation sites excluding steroid dienone is 1. The van der Waals surface area contributed by atoms with Gasteiger partial charge in [-0.2, -0.15) is 13.2 Å². The molecule has 9 heteroatoms. The molecule has 1 amide bonds. The lowest BCUT2D eigenvalue weighted by atomic mass is 9.81. The number of carbonyl (C=O) groups is 2. The number of hydrogen-bond donors (Lipinski definition) is 0. The molecule has 1 heterocycles. The Hall–Kier alpha value is -3.49. The summed E-state index contributed by atoms with van der Waals surface area (Å²) < 4.78 is 73.3. The van der Waals surface area contributed by atoms with Crippen LogP contribution < -0.4 is 0 Å². The Morgan fingerprint density at radius 2 is 1.82 bits per heavy atom. The van der Waals surface area contributed by atoms with Gasteiger partial charge in [-0.25, -0.2) is 13.6 Å². The Kier molecular flexibility index (Phi) is 7.00. The van der Waals surface area contributed by atoms with Gasteiger partial charge >= 0.3 is 12.1 Å². The van der Waals surface area contributed by atoms with Crippen LogP contribution in [0.3, 0.4) is 0 Å². The Bertz CT molecular complexity index is 1100. The minimum absolute atomic E-state index is 0.0481. The molecule has 1 aliphatic heterocycles. The van der Waals surface area contributed by atoms with Gasteiger partial charge < -0.3 is 9.64 Å². The van der Waals surface area contributed by atoms with Gasteiger partial charge in [0.05, 0.1) is 17.7 Å². The second-order valence-corrected chi connectivity index (χ2v) is 7.49. The SMILES string of the molecule is C=CCOC(=O)C1=C(C)N(Cc2cc(F)cc(F)c2)C(=O)CC1c1ccccc1C(F)(F)F. The highest BCUT2D eigenvalue weighted by Crippen LogP contribution is 2.43. The van der Waals surface area contributed by atoms with Crippen LogP contribution in [0.25, 0.3) is 0 Å². The van der Waals surface area contributed by atoms with Crippen molar-refractivity contribution in [1.29, 1.82) is 0 Å². The van der Waals surface area contributed by atoms with E-state index in [1.807, 2.05) is 0 Å². The third kappa shape index (κ3) is 5.30. The number of alkyl halides is 3. The van der Waals surface area contributed by atoms with Crippen molar-refractivity contribution in [3.8, 4) is 0 Å². The molecule has 174 valence electrons. The Morgan fingerprint density at radius 3 is 2.42 bits per heavy atom. The fourth-order valence-electron chi connectivity index (χ4n) is 3.89. The molecule has 1 unspecified atom stereocenters. The van der Waals surface area contributed by atoms with Crippen LogP contribution in [0.5, 0.6) is 0 Å². The van der Waals surface area contributed by atoms with E-state index in [1.54, 1.807) is 0 Å². The highest BCUT2D eigenvalue weighted by Gasteiger charge is 2.42. The molecule has 1 aliphatic rings. The zero-order valence-electron chi connectivity index (χ0n) is 17.6. The fourth-order valence-corrected chi connectivity index (χ4v) is 3.89. The molecule has 0 saturated carbocycles. The molecule has 2 aromatic rings. The van der Waals surface area contributed by atoms with Gasteiger partial charge in [-0.05, 0) is 36.2 Å². The third-order valence-corrected chi connectivity index (χ3v) is 5.28. The van der Waals surface area contributed by atoms with Crippen molar-refractivity contribution >= 4 is 11.9 Å². The quantitative estimate of drug-likeness (QED) is 0.322. The molecule has 2 aromatic carbocycles. The van der Waals surface area contributed by atoms with Crippen molar-refractivity contribution in [2.45, 2.75) is 32.0 Å². The second kappa shape index (κ2) is 9.56. The van der Waals surface area contributed by atoms with E-state index in [-0.39, 0.29) is 35.5 Å². The summed E-state index contributed by atoms with van der Waals surface area (Å²) in [7, 11) is 0. The number of amides is 1. The lowest BCUT2D eigenvalue weighted by Crippen LogP contribution is -2.38. The number of ether oxygens (including phenoxy) is 1. The van der Waals surface area contributed by atoms with Crippen molar-refractivity contribution in [1.82, 2.24) is 4.90 Å². The first-order chi connectivity index (χ1) is 15.5. The standard InChI is InChI=1S/C24H20F5NO3/c1-3-8-33-23(32)22-14(2)30(13-15-9-16(25)11-17(26)10-15)21(31)12-19(22)18-6-4-5-7-20(18)24(27,28)29/h3-7,9-11,19H,1,8,12-13H2,2H3. The molecule has 1 atom stereocenters. The Labute approximate surface area is 187 Å². The summed E-state index contributed by atoms with van der Waals surface area (Å²) in [6.45, 7) is 4.37. The Morgan fingerprint density at radius 1 is 1.18 bits per heavy atom. The average Bonchev–Trinajstić information content (AvgIpc) is 2.73. The Balaban J connectivity index is 2.12. The smallest absolute Gasteiger partial charge is 0.416 e. The molecule has 0 aromatic heterocycles. The molecule has 0 N–H and O–H groups in total. The predicted octanol–water partition coefficient (Wildman–Crippen LogP) is 5.50. The van der Waals surface area contributed by atoms with E-state index in [4.69, 9.17) is 4.74 Å². The minimum atomic E-state index is -4.71. The van der Waals surface area contributed by atoms with Crippen molar-refractivity contribution in [2.75, 3.05) is 6.61 Å². The predicted molar refractivity (Wildman–Crippen MR) is 110 cm³/mol. The lowest BCUT2D eigenvalue weighted by Gasteiger charge is -2.35. The summed E-state index contributed by atoms with van der Waals surface area (Å²) in [5, 5.41) is 0. The van der Waals surface area contributed by atoms with Crippen LogP contribution >= 0.6 is 0 Å². The summed E-state index contributed by atoms with van der Waals surface area (Å²) >= 11 is 0. The molecule has 0 aliphatic carbocycles. The number of benzene rings is 2. The summed E-state index contributed by atoms with van der Waals surface area (Å²) in [6.07, 6.45) is -3.87. The molecule has 33 heavy (non-hydrogen) atoms. The van der Waals surface area contributed by atoms with E-state index >= 15 is 0 Å². The maximum absolute atomic E-state index is 13.7. The van der Waals surface area contributed by atoms with Gasteiger partial charge in [-0.15, -0.1) is 0 Å². The maximum atomic E-state index is 13.7. The van der Waals surface area contributed by atoms with Crippen LogP contribution in [-0.2, 0) is 27.0 Å². The number of hydrogen-bond acceptors (Lipinski definition) is 3. The van der Waals surface area contributed by atoms with Crippen molar-refractivity contribution in [3.63, 3.8) is 0 Å². The van der Waals surface area contributed by atoms with Gasteiger partial charge in [-0.3, -0.25) is 4.79 Å². The number of halogens is 5. The maximum Gasteiger partial charge on any atom is 0.416 e. The first-order valence-electron chi connectivity index (χ1n) is 9.93. The molecule has 0 spiro atoms. The molecule has 0 saturated heterocycles. The van der Waals surface area contributed by atoms with Crippen LogP contribution in [-0.4, -0.2) is 23.4 Å². The molecular weight excluding hydrogens is 445 g/mol. The molecule has 3 rings (SSSR count). The van der Waals surface area contributed by atoms with Gasteiger partial charge in [0, 0.05) is 24.1 Å². The van der Waals surface area contributed by atoms with E-state index in [2.05, 4.69) is 6.58 Å². The van der Waals surface area contributed by atoms with Crippen LogP contribution in [0.15, 0.2) is 66.4 Å². The summed E-state index contributed by atoms with van der Waals surface area (Å²) in [5.41, 5.74) is -1.17. The highest BCUT2D eigenvalue weighted by atomic mass is 19.4. The van der Waals surface area contributed by atoms with Crippen LogP contribution in [0, 0.1) is 11.6 Å². The number of nitrogens with zero attached hydrogens (tertiary/aromatic N) is 1. The normalized spacial score (nSPS) is 16.7. The highest BCUT2D eigenvalue weighted by molar-refractivity contribution is 5.96. The first kappa shape index (κ1) is 24.2. The summed E-state index contributed by atoms with van der Waals surface area (Å²) in [5.74, 6) is -4.41.